The highest BCUT2D eigenvalue weighted by Gasteiger charge is 2.38. The van der Waals surface area contributed by atoms with Gasteiger partial charge >= 0.3 is 6.03 Å². The zero-order chi connectivity index (χ0) is 19.4. The van der Waals surface area contributed by atoms with Gasteiger partial charge < -0.3 is 20.6 Å². The molecule has 1 saturated carbocycles. The Kier molecular flexibility index (Phi) is 6.05. The number of carbonyl (C=O) groups is 2. The number of aryl methyl sites for hydroxylation is 2. The van der Waals surface area contributed by atoms with Crippen LogP contribution in [0.1, 0.15) is 48.8 Å². The first kappa shape index (κ1) is 19.7. The number of piperazine rings is 1. The van der Waals surface area contributed by atoms with Crippen LogP contribution in [0.5, 0.6) is 0 Å². The third-order valence-electron chi connectivity index (χ3n) is 5.97. The van der Waals surface area contributed by atoms with E-state index in [0.717, 1.165) is 12.8 Å². The maximum absolute atomic E-state index is 12.8. The number of rotatable bonds is 5. The minimum atomic E-state index is -0.593. The van der Waals surface area contributed by atoms with Crippen molar-refractivity contribution in [1.82, 2.24) is 15.5 Å². The lowest BCUT2D eigenvalue weighted by atomic mass is 9.77. The van der Waals surface area contributed by atoms with E-state index in [-0.39, 0.29) is 30.4 Å². The molecule has 1 aromatic rings. The van der Waals surface area contributed by atoms with E-state index < -0.39 is 6.04 Å². The molecular formula is C21H31N3O3. The van der Waals surface area contributed by atoms with Crippen molar-refractivity contribution < 1.29 is 14.7 Å². The van der Waals surface area contributed by atoms with Gasteiger partial charge in [0, 0.05) is 31.7 Å². The van der Waals surface area contributed by atoms with Crippen LogP contribution in [0.3, 0.4) is 0 Å². The topological polar surface area (TPSA) is 81.7 Å². The molecule has 0 bridgehead atoms. The summed E-state index contributed by atoms with van der Waals surface area (Å²) in [5.74, 6) is -0.185. The number of aliphatic hydroxyl groups is 1. The van der Waals surface area contributed by atoms with Crippen LogP contribution in [-0.2, 0) is 10.2 Å². The van der Waals surface area contributed by atoms with Crippen LogP contribution < -0.4 is 10.6 Å². The number of urea groups is 1. The predicted octanol–water partition coefficient (Wildman–Crippen LogP) is 2.01. The van der Waals surface area contributed by atoms with Crippen molar-refractivity contribution >= 4 is 11.9 Å². The number of benzene rings is 1. The lowest BCUT2D eigenvalue weighted by molar-refractivity contribution is -0.128. The third-order valence-corrected chi connectivity index (χ3v) is 5.97. The summed E-state index contributed by atoms with van der Waals surface area (Å²) in [6, 6.07) is 5.86. The van der Waals surface area contributed by atoms with Gasteiger partial charge in [0.15, 0.2) is 0 Å². The number of nitrogens with one attached hydrogen (secondary N) is 2. The molecule has 2 fully saturated rings. The molecule has 1 unspecified atom stereocenters. The molecule has 0 radical (unpaired) electrons. The van der Waals surface area contributed by atoms with Crippen LogP contribution in [0.4, 0.5) is 4.79 Å². The van der Waals surface area contributed by atoms with Crippen LogP contribution >= 0.6 is 0 Å². The Morgan fingerprint density at radius 2 is 1.93 bits per heavy atom. The summed E-state index contributed by atoms with van der Waals surface area (Å²) in [4.78, 5) is 26.5. The van der Waals surface area contributed by atoms with Crippen LogP contribution in [0.15, 0.2) is 18.2 Å². The first-order valence-corrected chi connectivity index (χ1v) is 9.97. The number of hydrogen-bond donors (Lipinski definition) is 3. The van der Waals surface area contributed by atoms with Crippen molar-refractivity contribution in [2.24, 2.45) is 0 Å². The summed E-state index contributed by atoms with van der Waals surface area (Å²) in [5, 5.41) is 15.1. The first-order chi connectivity index (χ1) is 12.9. The van der Waals surface area contributed by atoms with Crippen LogP contribution in [0.25, 0.3) is 0 Å². The van der Waals surface area contributed by atoms with Crippen molar-refractivity contribution in [1.29, 1.82) is 0 Å². The van der Waals surface area contributed by atoms with Gasteiger partial charge in [-0.2, -0.15) is 0 Å². The fourth-order valence-corrected chi connectivity index (χ4v) is 4.61. The minimum Gasteiger partial charge on any atom is -0.396 e. The standard InChI is InChI=1S/C21H31N3O3/c1-15-11-16(2)13-17(12-15)21(6-3-4-7-21)14-23-20(27)24-9-8-22-19(26)18(24)5-10-25/h11-13,18,25H,3-10,14H2,1-2H3,(H,22,26)(H,23,27). The first-order valence-electron chi connectivity index (χ1n) is 9.97. The predicted molar refractivity (Wildman–Crippen MR) is 105 cm³/mol. The van der Waals surface area contributed by atoms with E-state index in [2.05, 4.69) is 42.7 Å². The molecule has 1 aliphatic heterocycles. The molecule has 1 aromatic carbocycles. The fourth-order valence-electron chi connectivity index (χ4n) is 4.61. The highest BCUT2D eigenvalue weighted by molar-refractivity contribution is 5.88. The highest BCUT2D eigenvalue weighted by atomic mass is 16.3. The minimum absolute atomic E-state index is 0.0308. The number of carbonyl (C=O) groups excluding carboxylic acids is 2. The molecule has 27 heavy (non-hydrogen) atoms. The molecule has 3 N–H and O–H groups in total. The highest BCUT2D eigenvalue weighted by Crippen LogP contribution is 2.41. The summed E-state index contributed by atoms with van der Waals surface area (Å²) in [7, 11) is 0. The van der Waals surface area contributed by atoms with E-state index in [1.165, 1.54) is 29.5 Å². The fraction of sp³-hybridized carbons (Fsp3) is 0.619. The zero-order valence-electron chi connectivity index (χ0n) is 16.4. The van der Waals surface area contributed by atoms with E-state index in [4.69, 9.17) is 0 Å². The number of amides is 3. The zero-order valence-corrected chi connectivity index (χ0v) is 16.4. The summed E-state index contributed by atoms with van der Waals surface area (Å²) in [5.41, 5.74) is 3.77. The second-order valence-electron chi connectivity index (χ2n) is 8.04. The molecule has 0 spiro atoms. The van der Waals surface area contributed by atoms with E-state index in [1.54, 1.807) is 4.90 Å². The summed E-state index contributed by atoms with van der Waals surface area (Å²) < 4.78 is 0. The lowest BCUT2D eigenvalue weighted by Crippen LogP contribution is -2.60. The maximum Gasteiger partial charge on any atom is 0.318 e. The van der Waals surface area contributed by atoms with Crippen molar-refractivity contribution in [2.45, 2.75) is 57.4 Å². The Bertz CT molecular complexity index is 678. The quantitative estimate of drug-likeness (QED) is 0.738. The Balaban J connectivity index is 1.74. The molecule has 0 aromatic heterocycles. The van der Waals surface area contributed by atoms with Gasteiger partial charge in [0.2, 0.25) is 5.91 Å². The van der Waals surface area contributed by atoms with E-state index >= 15 is 0 Å². The van der Waals surface area contributed by atoms with Gasteiger partial charge in [-0.1, -0.05) is 42.2 Å². The second-order valence-corrected chi connectivity index (χ2v) is 8.04. The van der Waals surface area contributed by atoms with Gasteiger partial charge in [0.05, 0.1) is 0 Å². The molecule has 148 valence electrons. The molecular weight excluding hydrogens is 342 g/mol. The Morgan fingerprint density at radius 1 is 1.26 bits per heavy atom. The van der Waals surface area contributed by atoms with E-state index in [9.17, 15) is 14.7 Å². The van der Waals surface area contributed by atoms with Crippen molar-refractivity contribution in [3.8, 4) is 0 Å². The Morgan fingerprint density at radius 3 is 2.56 bits per heavy atom. The van der Waals surface area contributed by atoms with Crippen LogP contribution in [0, 0.1) is 13.8 Å². The molecule has 6 heteroatoms. The maximum atomic E-state index is 12.8. The van der Waals surface area contributed by atoms with Crippen LogP contribution in [0.2, 0.25) is 0 Å². The van der Waals surface area contributed by atoms with Gasteiger partial charge in [-0.25, -0.2) is 4.79 Å². The number of aliphatic hydroxyl groups excluding tert-OH is 1. The van der Waals surface area contributed by atoms with E-state index in [1.807, 2.05) is 0 Å². The molecule has 3 amide bonds. The molecule has 1 aliphatic carbocycles. The van der Waals surface area contributed by atoms with Crippen molar-refractivity contribution in [3.63, 3.8) is 0 Å². The average Bonchev–Trinajstić information content (AvgIpc) is 3.11. The summed E-state index contributed by atoms with van der Waals surface area (Å²) in [6.45, 7) is 5.62. The summed E-state index contributed by atoms with van der Waals surface area (Å²) in [6.07, 6.45) is 4.74. The molecule has 1 atom stereocenters. The molecule has 6 nitrogen and oxygen atoms in total. The van der Waals surface area contributed by atoms with Gasteiger partial charge in [-0.3, -0.25) is 4.79 Å². The van der Waals surface area contributed by atoms with Gasteiger partial charge in [-0.05, 0) is 38.7 Å². The largest absolute Gasteiger partial charge is 0.396 e. The monoisotopic (exact) mass is 373 g/mol. The molecule has 2 aliphatic rings. The normalized spacial score (nSPS) is 21.8. The Labute approximate surface area is 161 Å². The van der Waals surface area contributed by atoms with E-state index in [0.29, 0.717) is 19.6 Å². The summed E-state index contributed by atoms with van der Waals surface area (Å²) >= 11 is 0. The molecule has 1 heterocycles. The SMILES string of the molecule is Cc1cc(C)cc(C2(CNC(=O)N3CCNC(=O)C3CCO)CCCC2)c1. The van der Waals surface area contributed by atoms with Crippen LogP contribution in [-0.4, -0.2) is 54.2 Å². The van der Waals surface area contributed by atoms with Crippen molar-refractivity contribution in [2.75, 3.05) is 26.2 Å². The molecule has 1 saturated heterocycles. The number of hydrogen-bond acceptors (Lipinski definition) is 3. The molecule has 3 rings (SSSR count). The smallest absolute Gasteiger partial charge is 0.318 e. The van der Waals surface area contributed by atoms with Gasteiger partial charge in [-0.15, -0.1) is 0 Å². The third kappa shape index (κ3) is 4.26. The average molecular weight is 373 g/mol. The Hall–Kier alpha value is -2.08. The van der Waals surface area contributed by atoms with Gasteiger partial charge in [0.1, 0.15) is 6.04 Å². The number of nitrogens with zero attached hydrogens (tertiary/aromatic N) is 1. The van der Waals surface area contributed by atoms with Gasteiger partial charge in [0.25, 0.3) is 0 Å². The van der Waals surface area contributed by atoms with Crippen molar-refractivity contribution in [3.05, 3.63) is 34.9 Å². The second kappa shape index (κ2) is 8.30. The lowest BCUT2D eigenvalue weighted by Gasteiger charge is -2.37.